The molecule has 1 aromatic heterocycles. The van der Waals surface area contributed by atoms with Crippen LogP contribution in [0.15, 0.2) is 27.4 Å². The van der Waals surface area contributed by atoms with E-state index in [0.717, 1.165) is 32.2 Å². The zero-order chi connectivity index (χ0) is 14.8. The number of benzene rings is 1. The molecule has 0 bridgehead atoms. The van der Waals surface area contributed by atoms with E-state index in [0.29, 0.717) is 0 Å². The minimum Gasteiger partial charge on any atom is -0.308 e. The summed E-state index contributed by atoms with van der Waals surface area (Å²) >= 11 is 9.38. The Morgan fingerprint density at radius 3 is 2.70 bits per heavy atom. The Morgan fingerprint density at radius 2 is 2.10 bits per heavy atom. The molecule has 0 saturated heterocycles. The summed E-state index contributed by atoms with van der Waals surface area (Å²) in [4.78, 5) is 5.52. The first-order chi connectivity index (χ1) is 9.35. The fraction of sp³-hybridized carbons (Fsp3) is 0.429. The number of hydrogen-bond acceptors (Lipinski definition) is 5. The molecule has 0 aliphatic rings. The molecule has 20 heavy (non-hydrogen) atoms. The highest BCUT2D eigenvalue weighted by Crippen LogP contribution is 2.34. The minimum absolute atomic E-state index is 0.0560. The van der Waals surface area contributed by atoms with Gasteiger partial charge in [0.15, 0.2) is 4.34 Å². The van der Waals surface area contributed by atoms with Crippen molar-refractivity contribution in [1.82, 2.24) is 14.7 Å². The van der Waals surface area contributed by atoms with Crippen molar-refractivity contribution in [2.75, 3.05) is 0 Å². The lowest BCUT2D eigenvalue weighted by Gasteiger charge is -2.22. The Labute approximate surface area is 133 Å². The zero-order valence-electron chi connectivity index (χ0n) is 12.0. The van der Waals surface area contributed by atoms with Crippen LogP contribution in [0.1, 0.15) is 32.2 Å². The van der Waals surface area contributed by atoms with Gasteiger partial charge in [-0.25, -0.2) is 4.98 Å². The van der Waals surface area contributed by atoms with Gasteiger partial charge in [0.25, 0.3) is 0 Å². The van der Waals surface area contributed by atoms with Crippen LogP contribution in [-0.4, -0.2) is 14.9 Å². The fourth-order valence-corrected chi connectivity index (χ4v) is 3.64. The molecule has 0 radical (unpaired) electrons. The predicted octanol–water partition coefficient (Wildman–Crippen LogP) is 4.54. The molecule has 0 saturated carbocycles. The van der Waals surface area contributed by atoms with Crippen LogP contribution in [0.25, 0.3) is 0 Å². The Hall–Kier alpha value is -0.620. The lowest BCUT2D eigenvalue weighted by molar-refractivity contribution is 0.422. The third-order valence-corrected chi connectivity index (χ3v) is 4.88. The van der Waals surface area contributed by atoms with Crippen LogP contribution in [0.5, 0.6) is 0 Å². The van der Waals surface area contributed by atoms with E-state index in [2.05, 4.69) is 41.5 Å². The topological polar surface area (TPSA) is 37.8 Å². The van der Waals surface area contributed by atoms with E-state index in [1.54, 1.807) is 11.8 Å². The molecule has 2 aromatic rings. The molecule has 3 nitrogen and oxygen atoms in total. The second kappa shape index (κ2) is 6.43. The maximum absolute atomic E-state index is 6.34. The summed E-state index contributed by atoms with van der Waals surface area (Å²) in [7, 11) is 0. The monoisotopic (exact) mass is 327 g/mol. The number of aryl methyl sites for hydroxylation is 1. The molecular weight excluding hydrogens is 310 g/mol. The molecular formula is C14H18ClN3S2. The molecule has 0 aliphatic heterocycles. The van der Waals surface area contributed by atoms with Gasteiger partial charge in [0.05, 0.1) is 0 Å². The zero-order valence-corrected chi connectivity index (χ0v) is 14.4. The van der Waals surface area contributed by atoms with Crippen molar-refractivity contribution in [3.63, 3.8) is 0 Å². The quantitative estimate of drug-likeness (QED) is 0.894. The van der Waals surface area contributed by atoms with Gasteiger partial charge in [-0.3, -0.25) is 0 Å². The van der Waals surface area contributed by atoms with Gasteiger partial charge in [-0.1, -0.05) is 29.4 Å². The Morgan fingerprint density at radius 1 is 1.35 bits per heavy atom. The van der Waals surface area contributed by atoms with E-state index >= 15 is 0 Å². The summed E-state index contributed by atoms with van der Waals surface area (Å²) in [5.41, 5.74) is 1.17. The van der Waals surface area contributed by atoms with E-state index in [1.165, 1.54) is 11.5 Å². The summed E-state index contributed by atoms with van der Waals surface area (Å²) < 4.78 is 5.16. The molecule has 1 heterocycles. The third kappa shape index (κ3) is 4.45. The molecule has 108 valence electrons. The van der Waals surface area contributed by atoms with Crippen molar-refractivity contribution in [3.8, 4) is 0 Å². The number of rotatable bonds is 4. The van der Waals surface area contributed by atoms with Crippen LogP contribution in [0, 0.1) is 6.92 Å². The highest BCUT2D eigenvalue weighted by atomic mass is 35.5. The molecule has 0 atom stereocenters. The van der Waals surface area contributed by atoms with Crippen molar-refractivity contribution in [2.45, 2.75) is 49.0 Å². The standard InChI is InChI=1S/C14H18ClN3S2/c1-9-17-13(20-18-9)19-12-7-5-6-11(15)10(12)8-16-14(2,3)4/h5-7,16H,8H2,1-4H3. The van der Waals surface area contributed by atoms with Gasteiger partial charge in [-0.05, 0) is 56.9 Å². The summed E-state index contributed by atoms with van der Waals surface area (Å²) in [5, 5.41) is 4.27. The first-order valence-corrected chi connectivity index (χ1v) is 8.32. The van der Waals surface area contributed by atoms with Gasteiger partial charge in [-0.2, -0.15) is 4.37 Å². The SMILES string of the molecule is Cc1nsc(Sc2cccc(Cl)c2CNC(C)(C)C)n1. The highest BCUT2D eigenvalue weighted by molar-refractivity contribution is 8.01. The van der Waals surface area contributed by atoms with Gasteiger partial charge in [0.1, 0.15) is 5.82 Å². The maximum Gasteiger partial charge on any atom is 0.174 e. The van der Waals surface area contributed by atoms with E-state index in [4.69, 9.17) is 11.6 Å². The Kier molecular flexibility index (Phi) is 5.07. The summed E-state index contributed by atoms with van der Waals surface area (Å²) in [6.45, 7) is 9.07. The molecule has 1 aromatic carbocycles. The first kappa shape index (κ1) is 15.8. The molecule has 1 N–H and O–H groups in total. The van der Waals surface area contributed by atoms with Crippen LogP contribution in [0.3, 0.4) is 0 Å². The molecule has 0 aliphatic carbocycles. The number of hydrogen-bond donors (Lipinski definition) is 1. The van der Waals surface area contributed by atoms with Crippen LogP contribution in [0.2, 0.25) is 5.02 Å². The Bertz CT molecular complexity index is 590. The second-order valence-corrected chi connectivity index (χ2v) is 7.98. The Balaban J connectivity index is 2.21. The summed E-state index contributed by atoms with van der Waals surface area (Å²) in [6.07, 6.45) is 0. The minimum atomic E-state index is 0.0560. The molecule has 0 spiro atoms. The van der Waals surface area contributed by atoms with E-state index in [9.17, 15) is 0 Å². The molecule has 0 amide bonds. The van der Waals surface area contributed by atoms with Gasteiger partial charge in [-0.15, -0.1) is 0 Å². The lowest BCUT2D eigenvalue weighted by atomic mass is 10.1. The van der Waals surface area contributed by atoms with Crippen LogP contribution in [0.4, 0.5) is 0 Å². The number of nitrogens with one attached hydrogen (secondary N) is 1. The number of halogens is 1. The highest BCUT2D eigenvalue weighted by Gasteiger charge is 2.14. The van der Waals surface area contributed by atoms with E-state index in [1.807, 2.05) is 19.1 Å². The van der Waals surface area contributed by atoms with Crippen molar-refractivity contribution in [1.29, 1.82) is 0 Å². The smallest absolute Gasteiger partial charge is 0.174 e. The fourth-order valence-electron chi connectivity index (χ4n) is 1.57. The van der Waals surface area contributed by atoms with E-state index < -0.39 is 0 Å². The van der Waals surface area contributed by atoms with Crippen LogP contribution >= 0.6 is 34.9 Å². The summed E-state index contributed by atoms with van der Waals surface area (Å²) in [5.74, 6) is 0.814. The van der Waals surface area contributed by atoms with Crippen LogP contribution in [-0.2, 0) is 6.54 Å². The second-order valence-electron chi connectivity index (χ2n) is 5.53. The normalized spacial score (nSPS) is 11.8. The molecule has 6 heteroatoms. The van der Waals surface area contributed by atoms with Crippen LogP contribution < -0.4 is 5.32 Å². The van der Waals surface area contributed by atoms with Gasteiger partial charge < -0.3 is 5.32 Å². The van der Waals surface area contributed by atoms with Crippen molar-refractivity contribution >= 4 is 34.9 Å². The van der Waals surface area contributed by atoms with Gasteiger partial charge in [0.2, 0.25) is 0 Å². The first-order valence-electron chi connectivity index (χ1n) is 6.36. The van der Waals surface area contributed by atoms with E-state index in [-0.39, 0.29) is 5.54 Å². The number of aromatic nitrogens is 2. The maximum atomic E-state index is 6.34. The van der Waals surface area contributed by atoms with Gasteiger partial charge >= 0.3 is 0 Å². The third-order valence-electron chi connectivity index (χ3n) is 2.58. The average Bonchev–Trinajstić information content (AvgIpc) is 2.73. The van der Waals surface area contributed by atoms with Crippen molar-refractivity contribution in [3.05, 3.63) is 34.6 Å². The summed E-state index contributed by atoms with van der Waals surface area (Å²) in [6, 6.07) is 5.97. The van der Waals surface area contributed by atoms with Crippen molar-refractivity contribution in [2.24, 2.45) is 0 Å². The lowest BCUT2D eigenvalue weighted by Crippen LogP contribution is -2.35. The molecule has 0 unspecified atom stereocenters. The number of nitrogens with zero attached hydrogens (tertiary/aromatic N) is 2. The van der Waals surface area contributed by atoms with Gasteiger partial charge in [0, 0.05) is 22.0 Å². The molecule has 2 rings (SSSR count). The van der Waals surface area contributed by atoms with Crippen molar-refractivity contribution < 1.29 is 0 Å². The predicted molar refractivity (Wildman–Crippen MR) is 86.8 cm³/mol. The largest absolute Gasteiger partial charge is 0.308 e. The average molecular weight is 328 g/mol. The molecule has 0 fully saturated rings.